The normalized spacial score (nSPS) is 20.5. The number of nitrogens with one attached hydrogen (secondary N) is 3. The number of ether oxygens (including phenoxy) is 6. The van der Waals surface area contributed by atoms with Crippen molar-refractivity contribution >= 4 is 82.0 Å². The van der Waals surface area contributed by atoms with Crippen LogP contribution in [0.5, 0.6) is 23.0 Å². The molecule has 3 fully saturated rings. The van der Waals surface area contributed by atoms with Gasteiger partial charge in [-0.05, 0) is 130 Å². The van der Waals surface area contributed by atoms with Crippen molar-refractivity contribution < 1.29 is 83.7 Å². The summed E-state index contributed by atoms with van der Waals surface area (Å²) in [5, 5.41) is 15.1. The molecule has 2 amide bonds. The number of rotatable bonds is 36. The smallest absolute Gasteiger partial charge is 0.497 e. The maximum absolute atomic E-state index is 17.0. The van der Waals surface area contributed by atoms with Gasteiger partial charge in [-0.3, -0.25) is 51.5 Å². The molecule has 0 saturated carbocycles. The van der Waals surface area contributed by atoms with E-state index < -0.39 is 139 Å². The number of amides is 2. The summed E-state index contributed by atoms with van der Waals surface area (Å²) >= 11 is 13.6. The zero-order valence-electron chi connectivity index (χ0n) is 67.4. The predicted molar refractivity (Wildman–Crippen MR) is 453 cm³/mol. The maximum atomic E-state index is 17.0. The number of fused-ring (bicyclic) bond motifs is 1. The molecule has 3 saturated heterocycles. The number of nitrogens with zero attached hydrogens (tertiary/aromatic N) is 9. The molecule has 6 unspecified atom stereocenters. The van der Waals surface area contributed by atoms with Crippen LogP contribution in [-0.2, 0) is 56.3 Å². The first-order chi connectivity index (χ1) is 59.3. The molecule has 4 N–H and O–H groups in total. The summed E-state index contributed by atoms with van der Waals surface area (Å²) in [7, 11) is -10.2. The Morgan fingerprint density at radius 2 is 1.24 bits per heavy atom. The van der Waals surface area contributed by atoms with Gasteiger partial charge < -0.3 is 57.1 Å². The van der Waals surface area contributed by atoms with Crippen molar-refractivity contribution in [1.29, 1.82) is 5.26 Å². The third kappa shape index (κ3) is 20.6. The number of imidazole rings is 1. The maximum Gasteiger partial charge on any atom is 0.530 e. The van der Waals surface area contributed by atoms with Crippen molar-refractivity contribution in [2.24, 2.45) is 5.92 Å². The summed E-state index contributed by atoms with van der Waals surface area (Å²) in [6.07, 6.45) is -9.32. The van der Waals surface area contributed by atoms with E-state index in [0.29, 0.717) is 33.8 Å². The third-order valence-electron chi connectivity index (χ3n) is 20.7. The number of anilines is 2. The summed E-state index contributed by atoms with van der Waals surface area (Å²) in [5.41, 5.74) is -1.53. The number of aromatic nitrogens is 8. The van der Waals surface area contributed by atoms with Crippen molar-refractivity contribution in [3.63, 3.8) is 0 Å². The van der Waals surface area contributed by atoms with E-state index in [-0.39, 0.29) is 93.4 Å². The molecule has 13 atom stereocenters. The summed E-state index contributed by atoms with van der Waals surface area (Å²) in [6, 6.07) is 55.1. The average Bonchev–Trinajstić information content (AvgIpc) is 1.73. The largest absolute Gasteiger partial charge is 0.530 e. The Hall–Kier alpha value is -10.7. The van der Waals surface area contributed by atoms with Gasteiger partial charge >= 0.3 is 27.0 Å². The Bertz CT molecular complexity index is 5810. The molecule has 0 radical (unpaired) electrons. The number of hydrogen-bond acceptors (Lipinski definition) is 26. The number of nitriles is 1. The molecule has 11 aromatic rings. The van der Waals surface area contributed by atoms with Crippen molar-refractivity contribution in [1.82, 2.24) is 43.3 Å². The van der Waals surface area contributed by atoms with Gasteiger partial charge in [-0.1, -0.05) is 138 Å². The molecule has 3 aliphatic rings. The monoisotopic (exact) mass is 1770 g/mol. The Labute approximate surface area is 717 Å². The van der Waals surface area contributed by atoms with Crippen LogP contribution in [0.4, 0.5) is 11.6 Å². The van der Waals surface area contributed by atoms with E-state index in [1.165, 1.54) is 88.7 Å². The molecular weight excluding hydrogens is 1690 g/mol. The van der Waals surface area contributed by atoms with Crippen molar-refractivity contribution in [3.8, 4) is 29.1 Å². The van der Waals surface area contributed by atoms with Crippen LogP contribution >= 0.6 is 47.4 Å². The van der Waals surface area contributed by atoms with Gasteiger partial charge in [0.1, 0.15) is 83.8 Å². The molecule has 642 valence electrons. The number of aryl methyl sites for hydroxylation is 1. The molecule has 0 bridgehead atoms. The Balaban J connectivity index is 0.905. The average molecular weight is 1780 g/mol. The summed E-state index contributed by atoms with van der Waals surface area (Å²) in [6.45, 7) is 7.98. The second-order valence-corrected chi connectivity index (χ2v) is 34.4. The van der Waals surface area contributed by atoms with Gasteiger partial charge in [-0.2, -0.15) is 10.2 Å². The molecule has 7 aromatic carbocycles. The topological polar surface area (TPSA) is 393 Å². The Morgan fingerprint density at radius 1 is 0.675 bits per heavy atom. The highest BCUT2D eigenvalue weighted by Crippen LogP contribution is 2.59. The van der Waals surface area contributed by atoms with Gasteiger partial charge in [0.05, 0.1) is 75.1 Å². The highest BCUT2D eigenvalue weighted by molar-refractivity contribution is 7.49. The molecule has 3 aliphatic heterocycles. The van der Waals surface area contributed by atoms with Crippen molar-refractivity contribution in [2.75, 3.05) is 44.7 Å². The minimum atomic E-state index is -5.70. The van der Waals surface area contributed by atoms with Crippen LogP contribution in [-0.4, -0.2) is 143 Å². The number of hydrogen-bond donors (Lipinski definition) is 4. The van der Waals surface area contributed by atoms with Crippen molar-refractivity contribution in [3.05, 3.63) is 294 Å². The molecule has 38 heteroatoms. The molecule has 0 spiro atoms. The van der Waals surface area contributed by atoms with Crippen LogP contribution in [0.2, 0.25) is 10.0 Å². The van der Waals surface area contributed by atoms with E-state index in [0.717, 1.165) is 9.13 Å². The highest BCUT2D eigenvalue weighted by Gasteiger charge is 2.57. The minimum Gasteiger partial charge on any atom is -0.497 e. The van der Waals surface area contributed by atoms with E-state index in [2.05, 4.69) is 41.6 Å². The summed E-state index contributed by atoms with van der Waals surface area (Å²) < 4.78 is 125. The van der Waals surface area contributed by atoms with Crippen LogP contribution in [0.15, 0.2) is 234 Å². The van der Waals surface area contributed by atoms with E-state index in [1.807, 2.05) is 87.0 Å². The number of carbonyl (C=O) groups is 2. The number of H-pyrrole nitrogens is 1. The zero-order valence-corrected chi connectivity index (χ0v) is 71.6. The highest BCUT2D eigenvalue weighted by atomic mass is 35.5. The fourth-order valence-corrected chi connectivity index (χ4v) is 19.6. The van der Waals surface area contributed by atoms with Gasteiger partial charge in [0.2, 0.25) is 0 Å². The SMILES string of the molecule is COc1ccc(C(OC[C@@H]2O[C@@H](n3ccc(NC(=O)c4ccccc4)nc3=O)C[C@@H]2C(OP(=O)(O)Oc2ccccc2Cl)[C@@H]2O[C@@H](n3cc(C)c(=O)[nH]c3=O)C[C@@H]2OP(=O)(OC[C@H]2OC(n3cnc4c(NC(=O)c5ccccc5)ncnc43)CC2OP(OCCC#N)N(C(C)C)C(C)C)Oc2ccccc2Cl)(c2ccccc2)c2ccc(OC)cc2)cc1. The van der Waals surface area contributed by atoms with Crippen LogP contribution in [0.25, 0.3) is 11.2 Å². The molecule has 7 heterocycles. The lowest BCUT2D eigenvalue weighted by molar-refractivity contribution is -0.124. The Kier molecular flexibility index (Phi) is 28.4. The van der Waals surface area contributed by atoms with E-state index >= 15 is 9.13 Å². The standard InChI is InChI=1S/C85H87Cl2N12O21P3/c1-52(2)99(53(3)4)121(111-43-21-41-88)116-67-45-74(98-51-91-75-78(89-50-90-79(75)98)94-82(102)56-24-13-9-14-25-56)114-70(67)49-112-123(107,118-66-31-20-18-29-64(66)87)119-68-46-73(97-47-54(5)80(100)95-84(97)104)115-77(68)76(120-122(105,106)117-65-30-19-17-28-63(65)86)62-44-72(96-42-40-71(93-83(96)103)92-81(101)55-22-11-8-12-23-55)113-69(62)48-110-85(57-26-15-10-16-27-57,58-32-36-60(108-6)37-33-58)59-34-38-61(109-7)39-35-59/h8-20,22-40,42,47,50-53,62,67-70,72-74,76-77H,21,43-46,48-49H2,1-7H3,(H,105,106)(H,95,100,104)(H,89,90,94,102)(H,92,93,101,103)/t62-,67?,68-,69-,70+,72+,73+,74?,76?,77+,121?,123?/m0/s1. The molecule has 33 nitrogen and oxygen atoms in total. The number of carbonyl (C=O) groups excluding carboxylic acids is 2. The van der Waals surface area contributed by atoms with Gasteiger partial charge in [-0.25, -0.2) is 38.3 Å². The second-order valence-electron chi connectivity index (χ2n) is 29.3. The number of phosphoric acid groups is 2. The van der Waals surface area contributed by atoms with Crippen LogP contribution in [0.3, 0.4) is 0 Å². The number of aromatic amines is 1. The number of para-hydroxylation sites is 2. The molecule has 123 heavy (non-hydrogen) atoms. The lowest BCUT2D eigenvalue weighted by Crippen LogP contribution is -2.47. The van der Waals surface area contributed by atoms with Gasteiger partial charge in [-0.15, -0.1) is 0 Å². The van der Waals surface area contributed by atoms with Gasteiger partial charge in [0.15, 0.2) is 17.0 Å². The van der Waals surface area contributed by atoms with E-state index in [4.69, 9.17) is 83.3 Å². The third-order valence-corrected chi connectivity index (χ3v) is 25.8. The lowest BCUT2D eigenvalue weighted by Gasteiger charge is -2.39. The lowest BCUT2D eigenvalue weighted by atomic mass is 9.79. The number of methoxy groups -OCH3 is 2. The number of benzene rings is 7. The second kappa shape index (κ2) is 39.4. The fourth-order valence-electron chi connectivity index (χ4n) is 14.9. The van der Waals surface area contributed by atoms with E-state index in [9.17, 15) is 34.1 Å². The fraction of sp³-hybridized carbons (Fsp3) is 0.318. The van der Waals surface area contributed by atoms with Crippen LogP contribution < -0.4 is 46.1 Å². The van der Waals surface area contributed by atoms with Gasteiger partial charge in [0.25, 0.3) is 25.9 Å². The minimum absolute atomic E-state index is 0.00177. The van der Waals surface area contributed by atoms with Crippen LogP contribution in [0.1, 0.15) is 115 Å². The molecule has 4 aromatic heterocycles. The van der Waals surface area contributed by atoms with Gasteiger partial charge in [0, 0.05) is 66.3 Å². The molecule has 14 rings (SSSR count). The first-order valence-corrected chi connectivity index (χ1v) is 44.0. The predicted octanol–water partition coefficient (Wildman–Crippen LogP) is 15.1. The molecular formula is C85H87Cl2N12O21P3. The molecule has 0 aliphatic carbocycles. The Morgan fingerprint density at radius 3 is 1.84 bits per heavy atom. The zero-order chi connectivity index (χ0) is 86.7. The summed E-state index contributed by atoms with van der Waals surface area (Å²) in [5.74, 6) is -2.07. The van der Waals surface area contributed by atoms with Crippen LogP contribution in [0, 0.1) is 24.2 Å². The first kappa shape index (κ1) is 88.6. The van der Waals surface area contributed by atoms with Crippen molar-refractivity contribution in [2.45, 2.75) is 133 Å². The summed E-state index contributed by atoms with van der Waals surface area (Å²) in [4.78, 5) is 103. The number of phosphoric ester groups is 2. The first-order valence-electron chi connectivity index (χ1n) is 39.2. The quantitative estimate of drug-likeness (QED) is 0.0161. The van der Waals surface area contributed by atoms with E-state index in [1.54, 1.807) is 102 Å². The number of halogens is 2.